The monoisotopic (exact) mass is 328 g/mol. The highest BCUT2D eigenvalue weighted by molar-refractivity contribution is 9.10. The van der Waals surface area contributed by atoms with E-state index in [0.717, 1.165) is 16.6 Å². The van der Waals surface area contributed by atoms with Crippen LogP contribution in [0.25, 0.3) is 0 Å². The zero-order valence-electron chi connectivity index (χ0n) is 10.0. The fourth-order valence-corrected chi connectivity index (χ4v) is 2.05. The average Bonchev–Trinajstić information content (AvgIpc) is 2.75. The molecule has 1 unspecified atom stereocenters. The molecule has 0 bridgehead atoms. The van der Waals surface area contributed by atoms with E-state index in [1.807, 2.05) is 0 Å². The Kier molecular flexibility index (Phi) is 3.99. The number of amides is 1. The fraction of sp³-hybridized carbons (Fsp3) is 0.154. The zero-order chi connectivity index (χ0) is 14.0. The van der Waals surface area contributed by atoms with E-state index in [-0.39, 0.29) is 11.5 Å². The molecule has 0 fully saturated rings. The molecule has 1 atom stereocenters. The SMILES string of the molecule is CC(NC(=O)c1cc(Br)c[nH]1)c1ccc(F)cc1F. The summed E-state index contributed by atoms with van der Waals surface area (Å²) in [6.45, 7) is 1.63. The number of aromatic nitrogens is 1. The smallest absolute Gasteiger partial charge is 0.268 e. The predicted molar refractivity (Wildman–Crippen MR) is 70.7 cm³/mol. The maximum atomic E-state index is 13.6. The van der Waals surface area contributed by atoms with Crippen LogP contribution in [0.5, 0.6) is 0 Å². The van der Waals surface area contributed by atoms with Crippen molar-refractivity contribution in [2.45, 2.75) is 13.0 Å². The first-order valence-corrected chi connectivity index (χ1v) is 6.36. The molecule has 3 nitrogen and oxygen atoms in total. The minimum atomic E-state index is -0.680. The third-order valence-electron chi connectivity index (χ3n) is 2.67. The van der Waals surface area contributed by atoms with Crippen LogP contribution in [0, 0.1) is 11.6 Å². The van der Waals surface area contributed by atoms with Crippen molar-refractivity contribution in [1.82, 2.24) is 10.3 Å². The van der Waals surface area contributed by atoms with Crippen LogP contribution in [-0.2, 0) is 0 Å². The predicted octanol–water partition coefficient (Wildman–Crippen LogP) is 3.55. The van der Waals surface area contributed by atoms with Gasteiger partial charge in [-0.15, -0.1) is 0 Å². The minimum absolute atomic E-state index is 0.236. The van der Waals surface area contributed by atoms with E-state index in [1.54, 1.807) is 19.2 Å². The normalized spacial score (nSPS) is 12.2. The largest absolute Gasteiger partial charge is 0.356 e. The van der Waals surface area contributed by atoms with Gasteiger partial charge in [0.05, 0.1) is 6.04 Å². The highest BCUT2D eigenvalue weighted by Gasteiger charge is 2.16. The summed E-state index contributed by atoms with van der Waals surface area (Å²) in [5, 5.41) is 2.63. The van der Waals surface area contributed by atoms with Crippen molar-refractivity contribution in [3.05, 3.63) is 57.8 Å². The van der Waals surface area contributed by atoms with Crippen LogP contribution in [0.15, 0.2) is 34.9 Å². The molecule has 2 N–H and O–H groups in total. The van der Waals surface area contributed by atoms with Gasteiger partial charge in [0.15, 0.2) is 0 Å². The Labute approximate surface area is 117 Å². The highest BCUT2D eigenvalue weighted by atomic mass is 79.9. The van der Waals surface area contributed by atoms with Gasteiger partial charge in [0, 0.05) is 22.3 Å². The fourth-order valence-electron chi connectivity index (χ4n) is 1.70. The molecule has 1 aromatic carbocycles. The van der Waals surface area contributed by atoms with Gasteiger partial charge in [-0.05, 0) is 35.0 Å². The molecule has 0 aliphatic carbocycles. The number of H-pyrrole nitrogens is 1. The lowest BCUT2D eigenvalue weighted by Crippen LogP contribution is -2.27. The van der Waals surface area contributed by atoms with Gasteiger partial charge >= 0.3 is 0 Å². The molecule has 1 aromatic heterocycles. The molecule has 0 aliphatic heterocycles. The van der Waals surface area contributed by atoms with Gasteiger partial charge in [0.25, 0.3) is 5.91 Å². The zero-order valence-corrected chi connectivity index (χ0v) is 11.6. The van der Waals surface area contributed by atoms with Gasteiger partial charge in [0.1, 0.15) is 17.3 Å². The summed E-state index contributed by atoms with van der Waals surface area (Å²) in [4.78, 5) is 14.6. The summed E-state index contributed by atoms with van der Waals surface area (Å²) in [5.74, 6) is -1.68. The summed E-state index contributed by atoms with van der Waals surface area (Å²) in [6, 6.07) is 4.33. The molecular weight excluding hydrogens is 318 g/mol. The van der Waals surface area contributed by atoms with E-state index in [9.17, 15) is 13.6 Å². The lowest BCUT2D eigenvalue weighted by molar-refractivity contribution is 0.0935. The standard InChI is InChI=1S/C13H11BrF2N2O/c1-7(10-3-2-9(15)5-11(10)16)18-13(19)12-4-8(14)6-17-12/h2-7,17H,1H3,(H,18,19). The van der Waals surface area contributed by atoms with Gasteiger partial charge in [-0.2, -0.15) is 0 Å². The van der Waals surface area contributed by atoms with Gasteiger partial charge in [-0.25, -0.2) is 8.78 Å². The van der Waals surface area contributed by atoms with E-state index in [1.165, 1.54) is 6.07 Å². The maximum Gasteiger partial charge on any atom is 0.268 e. The van der Waals surface area contributed by atoms with E-state index in [0.29, 0.717) is 5.69 Å². The Morgan fingerprint density at radius 2 is 2.11 bits per heavy atom. The number of hydrogen-bond acceptors (Lipinski definition) is 1. The van der Waals surface area contributed by atoms with Crippen molar-refractivity contribution >= 4 is 21.8 Å². The molecule has 1 amide bonds. The van der Waals surface area contributed by atoms with Gasteiger partial charge in [-0.1, -0.05) is 6.07 Å². The van der Waals surface area contributed by atoms with Crippen molar-refractivity contribution in [1.29, 1.82) is 0 Å². The van der Waals surface area contributed by atoms with Crippen LogP contribution >= 0.6 is 15.9 Å². The molecule has 100 valence electrons. The Hall–Kier alpha value is -1.69. The summed E-state index contributed by atoms with van der Waals surface area (Å²) in [5.41, 5.74) is 0.599. The van der Waals surface area contributed by atoms with Crippen LogP contribution < -0.4 is 5.32 Å². The van der Waals surface area contributed by atoms with Gasteiger partial charge in [0.2, 0.25) is 0 Å². The molecule has 1 heterocycles. The molecule has 2 aromatic rings. The maximum absolute atomic E-state index is 13.6. The number of carbonyl (C=O) groups is 1. The first-order chi connectivity index (χ1) is 8.97. The highest BCUT2D eigenvalue weighted by Crippen LogP contribution is 2.18. The molecule has 6 heteroatoms. The third-order valence-corrected chi connectivity index (χ3v) is 3.13. The Morgan fingerprint density at radius 1 is 1.37 bits per heavy atom. The molecule has 0 radical (unpaired) electrons. The number of rotatable bonds is 3. The molecule has 0 saturated heterocycles. The lowest BCUT2D eigenvalue weighted by Gasteiger charge is -2.14. The number of nitrogens with one attached hydrogen (secondary N) is 2. The van der Waals surface area contributed by atoms with E-state index in [4.69, 9.17) is 0 Å². The topological polar surface area (TPSA) is 44.9 Å². The lowest BCUT2D eigenvalue weighted by atomic mass is 10.1. The van der Waals surface area contributed by atoms with Crippen LogP contribution in [-0.4, -0.2) is 10.9 Å². The Bertz CT molecular complexity index is 612. The van der Waals surface area contributed by atoms with Crippen LogP contribution in [0.3, 0.4) is 0 Å². The number of hydrogen-bond donors (Lipinski definition) is 2. The second kappa shape index (κ2) is 5.52. The number of halogens is 3. The molecular formula is C13H11BrF2N2O. The van der Waals surface area contributed by atoms with Gasteiger partial charge < -0.3 is 10.3 Å². The minimum Gasteiger partial charge on any atom is -0.356 e. The molecule has 2 rings (SSSR count). The van der Waals surface area contributed by atoms with E-state index >= 15 is 0 Å². The third kappa shape index (κ3) is 3.20. The van der Waals surface area contributed by atoms with Crippen molar-refractivity contribution in [3.63, 3.8) is 0 Å². The van der Waals surface area contributed by atoms with Crippen molar-refractivity contribution in [3.8, 4) is 0 Å². The number of aromatic amines is 1. The van der Waals surface area contributed by atoms with Crippen molar-refractivity contribution in [2.24, 2.45) is 0 Å². The summed E-state index contributed by atoms with van der Waals surface area (Å²) in [6.07, 6.45) is 1.62. The second-order valence-corrected chi connectivity index (χ2v) is 5.01. The quantitative estimate of drug-likeness (QED) is 0.889. The van der Waals surface area contributed by atoms with Crippen molar-refractivity contribution in [2.75, 3.05) is 0 Å². The number of benzene rings is 1. The Morgan fingerprint density at radius 3 is 2.68 bits per heavy atom. The molecule has 0 spiro atoms. The number of carbonyl (C=O) groups excluding carboxylic acids is 1. The summed E-state index contributed by atoms with van der Waals surface area (Å²) >= 11 is 3.22. The Balaban J connectivity index is 2.12. The summed E-state index contributed by atoms with van der Waals surface area (Å²) in [7, 11) is 0. The van der Waals surface area contributed by atoms with Crippen LogP contribution in [0.4, 0.5) is 8.78 Å². The molecule has 0 saturated carbocycles. The average molecular weight is 329 g/mol. The van der Waals surface area contributed by atoms with Crippen LogP contribution in [0.1, 0.15) is 29.0 Å². The second-order valence-electron chi connectivity index (χ2n) is 4.09. The summed E-state index contributed by atoms with van der Waals surface area (Å²) < 4.78 is 27.1. The van der Waals surface area contributed by atoms with Crippen LogP contribution in [0.2, 0.25) is 0 Å². The molecule has 19 heavy (non-hydrogen) atoms. The molecule has 0 aliphatic rings. The first kappa shape index (κ1) is 13.7. The van der Waals surface area contributed by atoms with Crippen molar-refractivity contribution < 1.29 is 13.6 Å². The first-order valence-electron chi connectivity index (χ1n) is 5.57. The van der Waals surface area contributed by atoms with Gasteiger partial charge in [-0.3, -0.25) is 4.79 Å². The van der Waals surface area contributed by atoms with E-state index in [2.05, 4.69) is 26.2 Å². The van der Waals surface area contributed by atoms with E-state index < -0.39 is 17.7 Å².